The van der Waals surface area contributed by atoms with Crippen LogP contribution in [0.3, 0.4) is 0 Å². The molecule has 0 aliphatic carbocycles. The number of hydrogen-bond acceptors (Lipinski definition) is 4. The molecular formula is C16H13N3S. The molecule has 3 aromatic rings. The number of nitrogens with zero attached hydrogens (tertiary/aromatic N) is 2. The van der Waals surface area contributed by atoms with Crippen molar-refractivity contribution in [2.45, 2.75) is 13.5 Å². The molecule has 0 fully saturated rings. The lowest BCUT2D eigenvalue weighted by Gasteiger charge is -2.02. The Hall–Kier alpha value is -2.38. The van der Waals surface area contributed by atoms with Crippen LogP contribution in [-0.2, 0) is 6.54 Å². The fourth-order valence-corrected chi connectivity index (χ4v) is 3.00. The maximum Gasteiger partial charge on any atom is 0.184 e. The molecule has 3 nitrogen and oxygen atoms in total. The maximum atomic E-state index is 8.89. The molecule has 0 amide bonds. The molecule has 0 saturated heterocycles. The Balaban J connectivity index is 1.78. The van der Waals surface area contributed by atoms with Crippen LogP contribution >= 0.6 is 11.3 Å². The summed E-state index contributed by atoms with van der Waals surface area (Å²) in [6, 6.07) is 16.0. The maximum absolute atomic E-state index is 8.89. The highest BCUT2D eigenvalue weighted by atomic mass is 32.1. The van der Waals surface area contributed by atoms with E-state index in [9.17, 15) is 0 Å². The first kappa shape index (κ1) is 12.6. The molecule has 98 valence electrons. The van der Waals surface area contributed by atoms with E-state index >= 15 is 0 Å². The van der Waals surface area contributed by atoms with Gasteiger partial charge in [0.25, 0.3) is 0 Å². The number of nitrogens with one attached hydrogen (secondary N) is 1. The van der Waals surface area contributed by atoms with Crippen LogP contribution in [0.2, 0.25) is 0 Å². The van der Waals surface area contributed by atoms with Crippen molar-refractivity contribution in [2.75, 3.05) is 5.32 Å². The first-order valence-electron chi connectivity index (χ1n) is 6.35. The highest BCUT2D eigenvalue weighted by Gasteiger charge is 2.03. The molecule has 0 bridgehead atoms. The molecule has 0 unspecified atom stereocenters. The Morgan fingerprint density at radius 3 is 3.00 bits per heavy atom. The van der Waals surface area contributed by atoms with Crippen LogP contribution in [0.5, 0.6) is 0 Å². The van der Waals surface area contributed by atoms with Crippen LogP contribution in [0.1, 0.15) is 16.7 Å². The molecule has 1 heterocycles. The van der Waals surface area contributed by atoms with Crippen molar-refractivity contribution in [3.05, 3.63) is 59.2 Å². The molecule has 0 saturated carbocycles. The van der Waals surface area contributed by atoms with Gasteiger partial charge in [0.2, 0.25) is 0 Å². The van der Waals surface area contributed by atoms with E-state index in [-0.39, 0.29) is 0 Å². The molecule has 1 N–H and O–H groups in total. The van der Waals surface area contributed by atoms with Crippen molar-refractivity contribution < 1.29 is 0 Å². The Bertz CT molecular complexity index is 799. The lowest BCUT2D eigenvalue weighted by molar-refractivity contribution is 1.14. The van der Waals surface area contributed by atoms with Gasteiger partial charge in [-0.2, -0.15) is 5.26 Å². The highest BCUT2D eigenvalue weighted by molar-refractivity contribution is 7.22. The van der Waals surface area contributed by atoms with Crippen molar-refractivity contribution >= 4 is 26.7 Å². The molecule has 0 atom stereocenters. The van der Waals surface area contributed by atoms with Crippen LogP contribution < -0.4 is 5.32 Å². The summed E-state index contributed by atoms with van der Waals surface area (Å²) in [7, 11) is 0. The second-order valence-corrected chi connectivity index (χ2v) is 5.69. The van der Waals surface area contributed by atoms with Crippen LogP contribution in [-0.4, -0.2) is 4.98 Å². The normalized spacial score (nSPS) is 10.4. The Kier molecular flexibility index (Phi) is 3.36. The first-order chi connectivity index (χ1) is 9.74. The minimum absolute atomic E-state index is 0.675. The molecule has 0 aliphatic heterocycles. The number of thiazole rings is 1. The third kappa shape index (κ3) is 2.63. The van der Waals surface area contributed by atoms with Crippen molar-refractivity contribution in [2.24, 2.45) is 0 Å². The number of rotatable bonds is 3. The van der Waals surface area contributed by atoms with Gasteiger partial charge >= 0.3 is 0 Å². The Morgan fingerprint density at radius 1 is 1.25 bits per heavy atom. The second kappa shape index (κ2) is 5.32. The molecule has 20 heavy (non-hydrogen) atoms. The molecule has 0 radical (unpaired) electrons. The zero-order chi connectivity index (χ0) is 13.9. The van der Waals surface area contributed by atoms with Crippen LogP contribution in [0, 0.1) is 18.3 Å². The SMILES string of the molecule is Cc1ccc2nc(NCc3cccc(C#N)c3)sc2c1. The van der Waals surface area contributed by atoms with Gasteiger partial charge in [-0.25, -0.2) is 4.98 Å². The number of fused-ring (bicyclic) bond motifs is 1. The summed E-state index contributed by atoms with van der Waals surface area (Å²) in [4.78, 5) is 4.55. The lowest BCUT2D eigenvalue weighted by Crippen LogP contribution is -1.98. The van der Waals surface area contributed by atoms with E-state index in [1.54, 1.807) is 11.3 Å². The van der Waals surface area contributed by atoms with E-state index in [4.69, 9.17) is 5.26 Å². The smallest absolute Gasteiger partial charge is 0.184 e. The van der Waals surface area contributed by atoms with Crippen LogP contribution in [0.4, 0.5) is 5.13 Å². The van der Waals surface area contributed by atoms with Crippen molar-refractivity contribution in [1.82, 2.24) is 4.98 Å². The molecule has 0 aliphatic rings. The Morgan fingerprint density at radius 2 is 2.15 bits per heavy atom. The number of nitriles is 1. The fourth-order valence-electron chi connectivity index (χ4n) is 2.04. The quantitative estimate of drug-likeness (QED) is 0.785. The van der Waals surface area contributed by atoms with E-state index < -0.39 is 0 Å². The van der Waals surface area contributed by atoms with Gasteiger partial charge in [0.1, 0.15) is 0 Å². The summed E-state index contributed by atoms with van der Waals surface area (Å²) in [5, 5.41) is 13.1. The summed E-state index contributed by atoms with van der Waals surface area (Å²) in [6.45, 7) is 2.76. The minimum Gasteiger partial charge on any atom is -0.357 e. The lowest BCUT2D eigenvalue weighted by atomic mass is 10.1. The van der Waals surface area contributed by atoms with Crippen molar-refractivity contribution in [3.8, 4) is 6.07 Å². The van der Waals surface area contributed by atoms with Gasteiger partial charge in [0.15, 0.2) is 5.13 Å². The van der Waals surface area contributed by atoms with Gasteiger partial charge in [0, 0.05) is 6.54 Å². The summed E-state index contributed by atoms with van der Waals surface area (Å²) in [5.74, 6) is 0. The zero-order valence-corrected chi connectivity index (χ0v) is 11.9. The monoisotopic (exact) mass is 279 g/mol. The molecule has 0 spiro atoms. The Labute approximate surface area is 121 Å². The molecule has 2 aromatic carbocycles. The summed E-state index contributed by atoms with van der Waals surface area (Å²) in [5.41, 5.74) is 4.03. The average Bonchev–Trinajstić information content (AvgIpc) is 2.87. The second-order valence-electron chi connectivity index (χ2n) is 4.66. The number of hydrogen-bond donors (Lipinski definition) is 1. The summed E-state index contributed by atoms with van der Waals surface area (Å²) < 4.78 is 1.19. The van der Waals surface area contributed by atoms with E-state index in [2.05, 4.69) is 35.4 Å². The topological polar surface area (TPSA) is 48.7 Å². The predicted octanol–water partition coefficient (Wildman–Crippen LogP) is 4.09. The zero-order valence-electron chi connectivity index (χ0n) is 11.1. The fraction of sp³-hybridized carbons (Fsp3) is 0.125. The van der Waals surface area contributed by atoms with Gasteiger partial charge in [-0.3, -0.25) is 0 Å². The van der Waals surface area contributed by atoms with Crippen LogP contribution in [0.15, 0.2) is 42.5 Å². The van der Waals surface area contributed by atoms with Gasteiger partial charge in [-0.05, 0) is 42.3 Å². The molecular weight excluding hydrogens is 266 g/mol. The predicted molar refractivity (Wildman–Crippen MR) is 82.8 cm³/mol. The largest absolute Gasteiger partial charge is 0.357 e. The van der Waals surface area contributed by atoms with Gasteiger partial charge in [0.05, 0.1) is 21.8 Å². The molecule has 3 rings (SSSR count). The summed E-state index contributed by atoms with van der Waals surface area (Å²) in [6.07, 6.45) is 0. The van der Waals surface area contributed by atoms with Crippen molar-refractivity contribution in [1.29, 1.82) is 5.26 Å². The van der Waals surface area contributed by atoms with E-state index in [0.29, 0.717) is 12.1 Å². The van der Waals surface area contributed by atoms with Crippen molar-refractivity contribution in [3.63, 3.8) is 0 Å². The molecule has 1 aromatic heterocycles. The number of aryl methyl sites for hydroxylation is 1. The summed E-state index contributed by atoms with van der Waals surface area (Å²) >= 11 is 1.65. The van der Waals surface area contributed by atoms with Gasteiger partial charge in [-0.1, -0.05) is 29.5 Å². The highest BCUT2D eigenvalue weighted by Crippen LogP contribution is 2.26. The number of aromatic nitrogens is 1. The number of anilines is 1. The number of benzene rings is 2. The standard InChI is InChI=1S/C16H13N3S/c1-11-5-6-14-15(7-11)20-16(19-14)18-10-13-4-2-3-12(8-13)9-17/h2-8H,10H2,1H3,(H,18,19). The van der Waals surface area contributed by atoms with E-state index in [0.717, 1.165) is 16.2 Å². The van der Waals surface area contributed by atoms with Gasteiger partial charge < -0.3 is 5.32 Å². The molecule has 4 heteroatoms. The van der Waals surface area contributed by atoms with Crippen LogP contribution in [0.25, 0.3) is 10.2 Å². The minimum atomic E-state index is 0.675. The third-order valence-electron chi connectivity index (χ3n) is 3.04. The van der Waals surface area contributed by atoms with Gasteiger partial charge in [-0.15, -0.1) is 0 Å². The first-order valence-corrected chi connectivity index (χ1v) is 7.16. The van der Waals surface area contributed by atoms with E-state index in [1.165, 1.54) is 10.3 Å². The van der Waals surface area contributed by atoms with E-state index in [1.807, 2.05) is 30.3 Å². The third-order valence-corrected chi connectivity index (χ3v) is 4.02. The average molecular weight is 279 g/mol.